The highest BCUT2D eigenvalue weighted by Gasteiger charge is 2.28. The molecule has 0 amide bonds. The predicted molar refractivity (Wildman–Crippen MR) is 129 cm³/mol. The zero-order chi connectivity index (χ0) is 21.6. The molecule has 1 atom stereocenters. The number of hydrogen-bond donors (Lipinski definition) is 2. The first-order valence-corrected chi connectivity index (χ1v) is 11.9. The lowest BCUT2D eigenvalue weighted by Crippen LogP contribution is -2.43. The SMILES string of the molecule is C=C/C(Br)=C1/N=C(C2CCCN(Cc3nccs3)C2)C=C(NCc2cccnc2)N1N. The molecule has 2 aromatic heterocycles. The average Bonchev–Trinajstić information content (AvgIpc) is 3.32. The topological polar surface area (TPSA) is 82.7 Å². The maximum absolute atomic E-state index is 6.40. The Labute approximate surface area is 195 Å². The maximum Gasteiger partial charge on any atom is 0.163 e. The molecule has 1 fully saturated rings. The minimum Gasteiger partial charge on any atom is -0.366 e. The van der Waals surface area contributed by atoms with Gasteiger partial charge in [-0.2, -0.15) is 0 Å². The van der Waals surface area contributed by atoms with Crippen molar-refractivity contribution < 1.29 is 0 Å². The van der Waals surface area contributed by atoms with Crippen LogP contribution in [-0.4, -0.2) is 38.7 Å². The molecular formula is C22H26BrN7S. The minimum absolute atomic E-state index is 0.331. The van der Waals surface area contributed by atoms with E-state index in [2.05, 4.69) is 48.8 Å². The van der Waals surface area contributed by atoms with Crippen molar-refractivity contribution in [3.05, 3.63) is 81.5 Å². The lowest BCUT2D eigenvalue weighted by molar-refractivity contribution is 0.196. The van der Waals surface area contributed by atoms with Gasteiger partial charge >= 0.3 is 0 Å². The number of nitrogens with zero attached hydrogens (tertiary/aromatic N) is 5. The fourth-order valence-corrected chi connectivity index (χ4v) is 4.73. The first kappa shape index (κ1) is 21.9. The number of allylic oxidation sites excluding steroid dienone is 3. The van der Waals surface area contributed by atoms with Crippen molar-refractivity contribution >= 4 is 33.0 Å². The van der Waals surface area contributed by atoms with E-state index >= 15 is 0 Å². The second kappa shape index (κ2) is 10.3. The molecule has 1 saturated heterocycles. The van der Waals surface area contributed by atoms with Crippen molar-refractivity contribution in [1.82, 2.24) is 25.2 Å². The van der Waals surface area contributed by atoms with Gasteiger partial charge in [0.2, 0.25) is 0 Å². The van der Waals surface area contributed by atoms with E-state index in [0.29, 0.717) is 18.3 Å². The Hall–Kier alpha value is -2.33. The van der Waals surface area contributed by atoms with Crippen LogP contribution in [0.25, 0.3) is 0 Å². The summed E-state index contributed by atoms with van der Waals surface area (Å²) in [7, 11) is 0. The van der Waals surface area contributed by atoms with Crippen molar-refractivity contribution in [2.75, 3.05) is 13.1 Å². The number of halogens is 1. The van der Waals surface area contributed by atoms with Crippen LogP contribution in [0.3, 0.4) is 0 Å². The lowest BCUT2D eigenvalue weighted by Gasteiger charge is -2.35. The third kappa shape index (κ3) is 5.48. The highest BCUT2D eigenvalue weighted by Crippen LogP contribution is 2.28. The fourth-order valence-electron chi connectivity index (χ4n) is 3.80. The lowest BCUT2D eigenvalue weighted by atomic mass is 9.92. The third-order valence-corrected chi connectivity index (χ3v) is 6.81. The number of aromatic nitrogens is 2. The summed E-state index contributed by atoms with van der Waals surface area (Å²) in [4.78, 5) is 16.0. The number of likely N-dealkylation sites (tertiary alicyclic amines) is 1. The van der Waals surface area contributed by atoms with Gasteiger partial charge in [0, 0.05) is 49.1 Å². The fraction of sp³-hybridized carbons (Fsp3) is 0.318. The Morgan fingerprint density at radius 3 is 3.06 bits per heavy atom. The first-order valence-electron chi connectivity index (χ1n) is 10.2. The van der Waals surface area contributed by atoms with Crippen molar-refractivity contribution in [1.29, 1.82) is 0 Å². The quantitative estimate of drug-likeness (QED) is 0.564. The van der Waals surface area contributed by atoms with Gasteiger partial charge in [-0.3, -0.25) is 9.88 Å². The van der Waals surface area contributed by atoms with Gasteiger partial charge < -0.3 is 5.32 Å². The zero-order valence-corrected chi connectivity index (χ0v) is 19.6. The second-order valence-electron chi connectivity index (χ2n) is 7.53. The molecule has 2 aliphatic heterocycles. The monoisotopic (exact) mass is 499 g/mol. The summed E-state index contributed by atoms with van der Waals surface area (Å²) in [5, 5.41) is 8.20. The highest BCUT2D eigenvalue weighted by atomic mass is 79.9. The van der Waals surface area contributed by atoms with Crippen LogP contribution in [-0.2, 0) is 13.1 Å². The van der Waals surface area contributed by atoms with E-state index in [1.54, 1.807) is 28.6 Å². The summed E-state index contributed by atoms with van der Waals surface area (Å²) < 4.78 is 0.761. The molecule has 162 valence electrons. The molecule has 0 saturated carbocycles. The molecule has 0 spiro atoms. The number of piperidine rings is 1. The highest BCUT2D eigenvalue weighted by molar-refractivity contribution is 9.11. The Bertz CT molecular complexity index is 985. The van der Waals surface area contributed by atoms with E-state index in [-0.39, 0.29) is 0 Å². The van der Waals surface area contributed by atoms with E-state index < -0.39 is 0 Å². The molecule has 2 aliphatic rings. The summed E-state index contributed by atoms with van der Waals surface area (Å²) in [6.45, 7) is 7.41. The molecule has 4 rings (SSSR count). The van der Waals surface area contributed by atoms with E-state index in [9.17, 15) is 0 Å². The van der Waals surface area contributed by atoms with Gasteiger partial charge in [0.15, 0.2) is 5.82 Å². The van der Waals surface area contributed by atoms with Crippen molar-refractivity contribution in [3.8, 4) is 0 Å². The van der Waals surface area contributed by atoms with E-state index in [1.165, 1.54) is 0 Å². The summed E-state index contributed by atoms with van der Waals surface area (Å²) in [5.74, 6) is 8.19. The predicted octanol–water partition coefficient (Wildman–Crippen LogP) is 3.76. The normalized spacial score (nSPS) is 21.4. The van der Waals surface area contributed by atoms with Gasteiger partial charge in [0.25, 0.3) is 0 Å². The number of rotatable bonds is 7. The Morgan fingerprint density at radius 2 is 2.32 bits per heavy atom. The Balaban J connectivity index is 1.54. The van der Waals surface area contributed by atoms with Gasteiger partial charge in [0.1, 0.15) is 10.8 Å². The van der Waals surface area contributed by atoms with Gasteiger partial charge in [-0.05, 0) is 46.9 Å². The van der Waals surface area contributed by atoms with Gasteiger partial charge in [-0.25, -0.2) is 20.8 Å². The number of nitrogens with one attached hydrogen (secondary N) is 1. The van der Waals surface area contributed by atoms with Crippen molar-refractivity contribution in [2.24, 2.45) is 16.8 Å². The number of hydrogen-bond acceptors (Lipinski definition) is 8. The van der Waals surface area contributed by atoms with Crippen LogP contribution in [0.4, 0.5) is 0 Å². The number of hydrazine groups is 1. The number of pyridine rings is 1. The third-order valence-electron chi connectivity index (χ3n) is 5.36. The molecule has 2 aromatic rings. The van der Waals surface area contributed by atoms with Crippen molar-refractivity contribution in [3.63, 3.8) is 0 Å². The molecule has 9 heteroatoms. The second-order valence-corrected chi connectivity index (χ2v) is 9.36. The number of aliphatic imine (C=N–C) groups is 1. The standard InChI is InChI=1S/C22H26BrN7S/c1-2-18(23)22-28-19(11-20(30(22)24)27-13-16-5-3-7-25-12-16)17-6-4-9-29(14-17)15-21-26-8-10-31-21/h2-3,5,7-8,10-12,17,27H,1,4,6,9,13-15,24H2/b22-18+. The molecule has 0 aromatic carbocycles. The van der Waals surface area contributed by atoms with E-state index in [4.69, 9.17) is 10.8 Å². The van der Waals surface area contributed by atoms with Crippen LogP contribution in [0.2, 0.25) is 0 Å². The van der Waals surface area contributed by atoms with Crippen LogP contribution in [0.5, 0.6) is 0 Å². The van der Waals surface area contributed by atoms with Crippen LogP contribution < -0.4 is 11.2 Å². The molecule has 1 unspecified atom stereocenters. The molecular weight excluding hydrogens is 474 g/mol. The Morgan fingerprint density at radius 1 is 1.42 bits per heavy atom. The zero-order valence-electron chi connectivity index (χ0n) is 17.2. The average molecular weight is 500 g/mol. The maximum atomic E-state index is 6.40. The van der Waals surface area contributed by atoms with Crippen LogP contribution in [0, 0.1) is 5.92 Å². The van der Waals surface area contributed by atoms with Crippen LogP contribution in [0.1, 0.15) is 23.4 Å². The van der Waals surface area contributed by atoms with E-state index in [1.807, 2.05) is 29.9 Å². The van der Waals surface area contributed by atoms with Gasteiger partial charge in [-0.1, -0.05) is 18.7 Å². The largest absolute Gasteiger partial charge is 0.366 e. The summed E-state index contributed by atoms with van der Waals surface area (Å²) in [5.41, 5.74) is 2.12. The van der Waals surface area contributed by atoms with Crippen molar-refractivity contribution in [2.45, 2.75) is 25.9 Å². The first-order chi connectivity index (χ1) is 15.1. The molecule has 0 aliphatic carbocycles. The minimum atomic E-state index is 0.331. The summed E-state index contributed by atoms with van der Waals surface area (Å²) in [6.07, 6.45) is 11.5. The summed E-state index contributed by atoms with van der Waals surface area (Å²) in [6, 6.07) is 3.96. The number of thiazole rings is 1. The molecule has 4 heterocycles. The number of nitrogens with two attached hydrogens (primary N) is 1. The van der Waals surface area contributed by atoms with Crippen LogP contribution in [0.15, 0.2) is 76.0 Å². The molecule has 7 nitrogen and oxygen atoms in total. The van der Waals surface area contributed by atoms with Crippen LogP contribution >= 0.6 is 27.3 Å². The molecule has 0 bridgehead atoms. The molecule has 31 heavy (non-hydrogen) atoms. The summed E-state index contributed by atoms with van der Waals surface area (Å²) >= 11 is 5.26. The molecule has 0 radical (unpaired) electrons. The molecule has 3 N–H and O–H groups in total. The van der Waals surface area contributed by atoms with E-state index in [0.717, 1.165) is 59.1 Å². The smallest absolute Gasteiger partial charge is 0.163 e. The Kier molecular flexibility index (Phi) is 7.29. The van der Waals surface area contributed by atoms with Gasteiger partial charge in [0.05, 0.1) is 16.7 Å². The van der Waals surface area contributed by atoms with Gasteiger partial charge in [-0.15, -0.1) is 11.3 Å².